The fraction of sp³-hybridized carbons (Fsp3) is 0. The molecular weight excluding hydrogens is 703 g/mol. The summed E-state index contributed by atoms with van der Waals surface area (Å²) in [4.78, 5) is 14.8. The molecule has 0 radical (unpaired) electrons. The molecule has 0 aliphatic carbocycles. The monoisotopic (exact) mass is 737 g/mol. The van der Waals surface area contributed by atoms with E-state index in [1.54, 1.807) is 0 Å². The van der Waals surface area contributed by atoms with Gasteiger partial charge < -0.3 is 0 Å². The van der Waals surface area contributed by atoms with Gasteiger partial charge in [0.15, 0.2) is 5.82 Å². The van der Waals surface area contributed by atoms with Gasteiger partial charge >= 0.3 is 0 Å². The standard InChI is InChI=1S/C55H35N3/c1-2-15-38(16-3-1)53-35-54(48-26-11-6-21-42(48)37-28-30-56-31-29-37)58-55(57-53)40-19-12-18-39(32-40)49-33-51-47-25-10-9-24-46(47)50(34-52(51)45-23-8-7-22-44(45)49)43-27-13-17-36-14-4-5-20-41(36)43/h1-35H. The van der Waals surface area contributed by atoms with E-state index in [0.717, 1.165) is 44.8 Å². The first-order valence-electron chi connectivity index (χ1n) is 19.7. The molecule has 0 saturated carbocycles. The van der Waals surface area contributed by atoms with Crippen LogP contribution < -0.4 is 0 Å². The van der Waals surface area contributed by atoms with E-state index in [-0.39, 0.29) is 0 Å². The molecule has 0 unspecified atom stereocenters. The average molecular weight is 738 g/mol. The summed E-state index contributed by atoms with van der Waals surface area (Å²) in [5.41, 5.74) is 11.8. The molecule has 0 spiro atoms. The van der Waals surface area contributed by atoms with Crippen molar-refractivity contribution in [3.8, 4) is 67.3 Å². The maximum Gasteiger partial charge on any atom is 0.160 e. The highest BCUT2D eigenvalue weighted by molar-refractivity contribution is 6.24. The van der Waals surface area contributed by atoms with Gasteiger partial charge in [0.2, 0.25) is 0 Å². The molecule has 0 aliphatic rings. The Morgan fingerprint density at radius 2 is 0.793 bits per heavy atom. The van der Waals surface area contributed by atoms with Crippen LogP contribution in [0.3, 0.4) is 0 Å². The summed E-state index contributed by atoms with van der Waals surface area (Å²) in [6.45, 7) is 0. The SMILES string of the molecule is c1ccc(-c2cc(-c3ccccc3-c3ccncc3)nc(-c3cccc(-c4cc5c6ccccc6c(-c6cccc7ccccc67)cc5c5ccccc45)c3)n2)cc1. The topological polar surface area (TPSA) is 38.7 Å². The van der Waals surface area contributed by atoms with Crippen LogP contribution in [-0.2, 0) is 0 Å². The van der Waals surface area contributed by atoms with E-state index in [4.69, 9.17) is 9.97 Å². The van der Waals surface area contributed by atoms with Crippen molar-refractivity contribution in [3.05, 3.63) is 213 Å². The van der Waals surface area contributed by atoms with Gasteiger partial charge in [0.05, 0.1) is 11.4 Å². The van der Waals surface area contributed by atoms with Gasteiger partial charge in [0.25, 0.3) is 0 Å². The van der Waals surface area contributed by atoms with Gasteiger partial charge in [-0.1, -0.05) is 164 Å². The highest BCUT2D eigenvalue weighted by atomic mass is 14.9. The number of hydrogen-bond acceptors (Lipinski definition) is 3. The predicted molar refractivity (Wildman–Crippen MR) is 242 cm³/mol. The Hall–Kier alpha value is -7.75. The van der Waals surface area contributed by atoms with Gasteiger partial charge in [-0.05, 0) is 113 Å². The van der Waals surface area contributed by atoms with Crippen molar-refractivity contribution < 1.29 is 0 Å². The van der Waals surface area contributed by atoms with Crippen molar-refractivity contribution in [1.29, 1.82) is 0 Å². The number of nitrogens with zero attached hydrogens (tertiary/aromatic N) is 3. The number of fused-ring (bicyclic) bond motifs is 6. The molecule has 2 heterocycles. The minimum absolute atomic E-state index is 0.679. The first-order chi connectivity index (χ1) is 28.8. The lowest BCUT2D eigenvalue weighted by molar-refractivity contribution is 1.18. The Morgan fingerprint density at radius 1 is 0.259 bits per heavy atom. The maximum absolute atomic E-state index is 5.31. The number of hydrogen-bond donors (Lipinski definition) is 0. The molecule has 0 bridgehead atoms. The second-order valence-electron chi connectivity index (χ2n) is 14.8. The van der Waals surface area contributed by atoms with Crippen molar-refractivity contribution in [3.63, 3.8) is 0 Å². The molecule has 0 N–H and O–H groups in total. The number of aromatic nitrogens is 3. The molecule has 0 aliphatic heterocycles. The molecule has 9 aromatic carbocycles. The van der Waals surface area contributed by atoms with Crippen molar-refractivity contribution in [1.82, 2.24) is 15.0 Å². The molecule has 11 rings (SSSR count). The molecule has 2 aromatic heterocycles. The summed E-state index contributed by atoms with van der Waals surface area (Å²) >= 11 is 0. The summed E-state index contributed by atoms with van der Waals surface area (Å²) in [7, 11) is 0. The van der Waals surface area contributed by atoms with Crippen molar-refractivity contribution in [2.24, 2.45) is 0 Å². The lowest BCUT2D eigenvalue weighted by Gasteiger charge is -2.17. The van der Waals surface area contributed by atoms with Crippen LogP contribution in [0.15, 0.2) is 213 Å². The van der Waals surface area contributed by atoms with Crippen molar-refractivity contribution in [2.45, 2.75) is 0 Å². The minimum atomic E-state index is 0.679. The summed E-state index contributed by atoms with van der Waals surface area (Å²) in [5, 5.41) is 9.89. The summed E-state index contributed by atoms with van der Waals surface area (Å²) in [6, 6.07) is 71.5. The average Bonchev–Trinajstić information content (AvgIpc) is 3.31. The molecule has 270 valence electrons. The van der Waals surface area contributed by atoms with Gasteiger partial charge in [0.1, 0.15) is 0 Å². The smallest absolute Gasteiger partial charge is 0.160 e. The van der Waals surface area contributed by atoms with E-state index in [0.29, 0.717) is 5.82 Å². The van der Waals surface area contributed by atoms with Crippen molar-refractivity contribution >= 4 is 43.1 Å². The molecule has 0 atom stereocenters. The zero-order valence-electron chi connectivity index (χ0n) is 31.5. The molecule has 0 saturated heterocycles. The molecule has 11 aromatic rings. The molecular formula is C55H35N3. The summed E-state index contributed by atoms with van der Waals surface area (Å²) in [6.07, 6.45) is 3.67. The predicted octanol–water partition coefficient (Wildman–Crippen LogP) is 14.5. The third-order valence-electron chi connectivity index (χ3n) is 11.4. The molecule has 58 heavy (non-hydrogen) atoms. The van der Waals surface area contributed by atoms with Gasteiger partial charge in [-0.2, -0.15) is 0 Å². The Bertz CT molecular complexity index is 3330. The molecule has 0 fully saturated rings. The van der Waals surface area contributed by atoms with Crippen LogP contribution in [0.25, 0.3) is 110 Å². The van der Waals surface area contributed by atoms with E-state index >= 15 is 0 Å². The first-order valence-corrected chi connectivity index (χ1v) is 19.7. The van der Waals surface area contributed by atoms with E-state index in [1.165, 1.54) is 59.8 Å². The third kappa shape index (κ3) is 5.80. The van der Waals surface area contributed by atoms with Crippen LogP contribution in [0.4, 0.5) is 0 Å². The highest BCUT2D eigenvalue weighted by Crippen LogP contribution is 2.44. The number of pyridine rings is 1. The second-order valence-corrected chi connectivity index (χ2v) is 14.8. The molecule has 0 amide bonds. The van der Waals surface area contributed by atoms with Gasteiger partial charge in [-0.15, -0.1) is 0 Å². The Kier molecular flexibility index (Phi) is 8.15. The van der Waals surface area contributed by atoms with Crippen LogP contribution in [0.1, 0.15) is 0 Å². The fourth-order valence-corrected chi connectivity index (χ4v) is 8.66. The third-order valence-corrected chi connectivity index (χ3v) is 11.4. The Morgan fingerprint density at radius 3 is 1.57 bits per heavy atom. The van der Waals surface area contributed by atoms with E-state index in [9.17, 15) is 0 Å². The van der Waals surface area contributed by atoms with Gasteiger partial charge in [-0.3, -0.25) is 4.98 Å². The maximum atomic E-state index is 5.31. The van der Waals surface area contributed by atoms with Gasteiger partial charge in [0, 0.05) is 29.1 Å². The van der Waals surface area contributed by atoms with Crippen LogP contribution in [0.5, 0.6) is 0 Å². The normalized spacial score (nSPS) is 11.4. The van der Waals surface area contributed by atoms with Crippen LogP contribution >= 0.6 is 0 Å². The van der Waals surface area contributed by atoms with E-state index in [2.05, 4.69) is 187 Å². The van der Waals surface area contributed by atoms with E-state index < -0.39 is 0 Å². The van der Waals surface area contributed by atoms with E-state index in [1.807, 2.05) is 30.6 Å². The fourth-order valence-electron chi connectivity index (χ4n) is 8.66. The van der Waals surface area contributed by atoms with Crippen LogP contribution in [-0.4, -0.2) is 15.0 Å². The highest BCUT2D eigenvalue weighted by Gasteiger charge is 2.18. The first kappa shape index (κ1) is 33.6. The summed E-state index contributed by atoms with van der Waals surface area (Å²) < 4.78 is 0. The Balaban J connectivity index is 1.11. The molecule has 3 nitrogen and oxygen atoms in total. The number of benzene rings is 9. The summed E-state index contributed by atoms with van der Waals surface area (Å²) in [5.74, 6) is 0.679. The lowest BCUT2D eigenvalue weighted by atomic mass is 9.86. The van der Waals surface area contributed by atoms with Crippen LogP contribution in [0.2, 0.25) is 0 Å². The zero-order valence-corrected chi connectivity index (χ0v) is 31.5. The number of rotatable bonds is 6. The minimum Gasteiger partial charge on any atom is -0.265 e. The van der Waals surface area contributed by atoms with Gasteiger partial charge in [-0.25, -0.2) is 9.97 Å². The van der Waals surface area contributed by atoms with Crippen LogP contribution in [0, 0.1) is 0 Å². The zero-order chi connectivity index (χ0) is 38.4. The van der Waals surface area contributed by atoms with Crippen molar-refractivity contribution in [2.75, 3.05) is 0 Å². The lowest BCUT2D eigenvalue weighted by Crippen LogP contribution is -1.97. The molecule has 3 heteroatoms. The Labute approximate surface area is 336 Å². The quantitative estimate of drug-likeness (QED) is 0.160. The second kappa shape index (κ2) is 14.1. The largest absolute Gasteiger partial charge is 0.265 e.